The highest BCUT2D eigenvalue weighted by molar-refractivity contribution is 5.78. The average molecular weight is 349 g/mol. The predicted octanol–water partition coefficient (Wildman–Crippen LogP) is 2.68. The number of carbonyl (C=O) groups is 1. The van der Waals surface area contributed by atoms with Gasteiger partial charge in [0.1, 0.15) is 0 Å². The molecule has 0 saturated carbocycles. The Morgan fingerprint density at radius 3 is 2.48 bits per heavy atom. The van der Waals surface area contributed by atoms with Gasteiger partial charge in [0.2, 0.25) is 5.91 Å². The zero-order valence-electron chi connectivity index (χ0n) is 15.2. The molecular weight excluding hydrogens is 322 g/mol. The van der Waals surface area contributed by atoms with Crippen LogP contribution in [0.2, 0.25) is 0 Å². The fourth-order valence-electron chi connectivity index (χ4n) is 3.37. The molecule has 1 saturated heterocycles. The molecule has 0 bridgehead atoms. The van der Waals surface area contributed by atoms with Crippen molar-refractivity contribution in [1.82, 2.24) is 9.80 Å². The quantitative estimate of drug-likeness (QED) is 0.559. The van der Waals surface area contributed by atoms with Crippen molar-refractivity contribution in [1.29, 1.82) is 0 Å². The van der Waals surface area contributed by atoms with Crippen LogP contribution in [-0.4, -0.2) is 53.9 Å². The average Bonchev–Trinajstić information content (AvgIpc) is 2.63. The molecule has 0 radical (unpaired) electrons. The van der Waals surface area contributed by atoms with Crippen molar-refractivity contribution in [2.75, 3.05) is 33.3 Å². The van der Waals surface area contributed by atoms with Crippen molar-refractivity contribution in [2.45, 2.75) is 33.2 Å². The maximum atomic E-state index is 12.4. The van der Waals surface area contributed by atoms with E-state index in [1.54, 1.807) is 12.1 Å². The summed E-state index contributed by atoms with van der Waals surface area (Å²) in [6, 6.07) is 5.08. The maximum Gasteiger partial charge on any atom is 0.311 e. The molecule has 1 aromatic rings. The van der Waals surface area contributed by atoms with Crippen LogP contribution in [0.25, 0.3) is 0 Å². The Morgan fingerprint density at radius 1 is 1.32 bits per heavy atom. The highest BCUT2D eigenvalue weighted by Crippen LogP contribution is 2.29. The van der Waals surface area contributed by atoms with Crippen molar-refractivity contribution < 1.29 is 14.5 Å². The maximum absolute atomic E-state index is 12.4. The van der Waals surface area contributed by atoms with E-state index in [0.717, 1.165) is 44.6 Å². The summed E-state index contributed by atoms with van der Waals surface area (Å²) in [5.74, 6) is 0.628. The first-order valence-corrected chi connectivity index (χ1v) is 8.82. The Bertz CT molecular complexity index is 608. The SMILES string of the molecule is CCN(CC)C(=O)C1CCN(Cc2ccc(OC)c([N+](=O)[O-])c2)CC1. The molecule has 0 N–H and O–H groups in total. The van der Waals surface area contributed by atoms with Gasteiger partial charge in [0, 0.05) is 31.6 Å². The van der Waals surface area contributed by atoms with E-state index >= 15 is 0 Å². The van der Waals surface area contributed by atoms with Gasteiger partial charge in [-0.15, -0.1) is 0 Å². The van der Waals surface area contributed by atoms with E-state index in [2.05, 4.69) is 4.90 Å². The molecule has 1 amide bonds. The zero-order valence-corrected chi connectivity index (χ0v) is 15.2. The summed E-state index contributed by atoms with van der Waals surface area (Å²) in [6.45, 7) is 7.84. The number of rotatable bonds is 7. The van der Waals surface area contributed by atoms with Crippen LogP contribution in [0.4, 0.5) is 5.69 Å². The first-order chi connectivity index (χ1) is 12.0. The van der Waals surface area contributed by atoms with Crippen molar-refractivity contribution in [3.63, 3.8) is 0 Å². The third kappa shape index (κ3) is 4.69. The lowest BCUT2D eigenvalue weighted by atomic mass is 9.95. The van der Waals surface area contributed by atoms with Gasteiger partial charge in [0.15, 0.2) is 5.75 Å². The number of hydrogen-bond donors (Lipinski definition) is 0. The molecule has 0 atom stereocenters. The molecule has 138 valence electrons. The molecule has 1 aliphatic heterocycles. The van der Waals surface area contributed by atoms with Crippen molar-refractivity contribution >= 4 is 11.6 Å². The van der Waals surface area contributed by atoms with Crippen LogP contribution in [0.3, 0.4) is 0 Å². The summed E-state index contributed by atoms with van der Waals surface area (Å²) < 4.78 is 5.04. The number of piperidine rings is 1. The lowest BCUT2D eigenvalue weighted by Crippen LogP contribution is -2.42. The van der Waals surface area contributed by atoms with Crippen LogP contribution in [0, 0.1) is 16.0 Å². The monoisotopic (exact) mass is 349 g/mol. The number of benzene rings is 1. The van der Waals surface area contributed by atoms with Gasteiger partial charge >= 0.3 is 5.69 Å². The van der Waals surface area contributed by atoms with Crippen LogP contribution in [-0.2, 0) is 11.3 Å². The van der Waals surface area contributed by atoms with Crippen LogP contribution in [0.15, 0.2) is 18.2 Å². The summed E-state index contributed by atoms with van der Waals surface area (Å²) in [5, 5.41) is 11.1. The van der Waals surface area contributed by atoms with Gasteiger partial charge in [-0.1, -0.05) is 6.07 Å². The number of hydrogen-bond acceptors (Lipinski definition) is 5. The Hall–Kier alpha value is -2.15. The lowest BCUT2D eigenvalue weighted by Gasteiger charge is -2.33. The van der Waals surface area contributed by atoms with Crippen LogP contribution in [0.5, 0.6) is 5.75 Å². The molecule has 7 nitrogen and oxygen atoms in total. The third-order valence-corrected chi connectivity index (χ3v) is 4.86. The molecule has 0 spiro atoms. The minimum atomic E-state index is -0.419. The van der Waals surface area contributed by atoms with Crippen molar-refractivity contribution in [2.24, 2.45) is 5.92 Å². The number of nitro benzene ring substituents is 1. The topological polar surface area (TPSA) is 75.9 Å². The third-order valence-electron chi connectivity index (χ3n) is 4.86. The largest absolute Gasteiger partial charge is 0.490 e. The summed E-state index contributed by atoms with van der Waals surface area (Å²) in [7, 11) is 1.43. The molecule has 0 aromatic heterocycles. The van der Waals surface area contributed by atoms with Crippen LogP contribution < -0.4 is 4.74 Å². The Labute approximate surface area is 148 Å². The minimum Gasteiger partial charge on any atom is -0.490 e. The number of ether oxygens (including phenoxy) is 1. The molecule has 1 fully saturated rings. The first-order valence-electron chi connectivity index (χ1n) is 8.82. The van der Waals surface area contributed by atoms with Crippen molar-refractivity contribution in [3.05, 3.63) is 33.9 Å². The number of nitro groups is 1. The van der Waals surface area contributed by atoms with Crippen molar-refractivity contribution in [3.8, 4) is 5.75 Å². The molecule has 1 aromatic carbocycles. The van der Waals surface area contributed by atoms with Gasteiger partial charge in [0.25, 0.3) is 0 Å². The molecule has 1 heterocycles. The number of methoxy groups -OCH3 is 1. The van der Waals surface area contributed by atoms with Gasteiger partial charge in [-0.05, 0) is 51.4 Å². The number of likely N-dealkylation sites (tertiary alicyclic amines) is 1. The molecule has 0 unspecified atom stereocenters. The fraction of sp³-hybridized carbons (Fsp3) is 0.611. The highest BCUT2D eigenvalue weighted by atomic mass is 16.6. The summed E-state index contributed by atoms with van der Waals surface area (Å²) in [4.78, 5) is 27.3. The molecular formula is C18H27N3O4. The number of carbonyl (C=O) groups excluding carboxylic acids is 1. The second kappa shape index (κ2) is 8.80. The summed E-state index contributed by atoms with van der Waals surface area (Å²) in [5.41, 5.74) is 0.882. The van der Waals surface area contributed by atoms with Crippen LogP contribution in [0.1, 0.15) is 32.3 Å². The number of nitrogens with zero attached hydrogens (tertiary/aromatic N) is 3. The molecule has 1 aliphatic rings. The Kier molecular flexibility index (Phi) is 6.75. The number of amides is 1. The minimum absolute atomic E-state index is 0.00778. The summed E-state index contributed by atoms with van der Waals surface area (Å²) >= 11 is 0. The lowest BCUT2D eigenvalue weighted by molar-refractivity contribution is -0.385. The zero-order chi connectivity index (χ0) is 18.4. The molecule has 7 heteroatoms. The van der Waals surface area contributed by atoms with E-state index in [1.165, 1.54) is 7.11 Å². The standard InChI is InChI=1S/C18H27N3O4/c1-4-20(5-2)18(22)15-8-10-19(11-9-15)13-14-6-7-17(25-3)16(12-14)21(23)24/h6-7,12,15H,4-5,8-11,13H2,1-3H3. The van der Waals surface area contributed by atoms with Gasteiger partial charge in [-0.25, -0.2) is 0 Å². The van der Waals surface area contributed by atoms with Gasteiger partial charge in [-0.3, -0.25) is 19.8 Å². The second-order valence-corrected chi connectivity index (χ2v) is 6.32. The second-order valence-electron chi connectivity index (χ2n) is 6.32. The van der Waals surface area contributed by atoms with E-state index in [1.807, 2.05) is 24.8 Å². The summed E-state index contributed by atoms with van der Waals surface area (Å²) in [6.07, 6.45) is 1.68. The van der Waals surface area contributed by atoms with E-state index in [0.29, 0.717) is 6.54 Å². The first kappa shape index (κ1) is 19.2. The Morgan fingerprint density at radius 2 is 1.96 bits per heavy atom. The smallest absolute Gasteiger partial charge is 0.311 e. The fourth-order valence-corrected chi connectivity index (χ4v) is 3.37. The predicted molar refractivity (Wildman–Crippen MR) is 95.6 cm³/mol. The van der Waals surface area contributed by atoms with E-state index in [4.69, 9.17) is 4.74 Å². The van der Waals surface area contributed by atoms with Gasteiger partial charge in [-0.2, -0.15) is 0 Å². The van der Waals surface area contributed by atoms with E-state index in [9.17, 15) is 14.9 Å². The van der Waals surface area contributed by atoms with Gasteiger partial charge in [0.05, 0.1) is 12.0 Å². The molecule has 0 aliphatic carbocycles. The molecule has 2 rings (SSSR count). The van der Waals surface area contributed by atoms with E-state index in [-0.39, 0.29) is 23.3 Å². The molecule has 25 heavy (non-hydrogen) atoms. The van der Waals surface area contributed by atoms with E-state index < -0.39 is 4.92 Å². The van der Waals surface area contributed by atoms with Gasteiger partial charge < -0.3 is 9.64 Å². The Balaban J connectivity index is 1.95. The highest BCUT2D eigenvalue weighted by Gasteiger charge is 2.27. The normalized spacial score (nSPS) is 15.8. The van der Waals surface area contributed by atoms with Crippen LogP contribution >= 0.6 is 0 Å².